The maximum atomic E-state index is 12.4. The van der Waals surface area contributed by atoms with Gasteiger partial charge in [0, 0.05) is 20.7 Å². The molecule has 1 aromatic carbocycles. The Morgan fingerprint density at radius 2 is 1.84 bits per heavy atom. The van der Waals surface area contributed by atoms with Crippen LogP contribution in [0.5, 0.6) is 0 Å². The molecule has 0 saturated heterocycles. The highest BCUT2D eigenvalue weighted by molar-refractivity contribution is 7.97. The highest BCUT2D eigenvalue weighted by Gasteiger charge is 2.37. The number of benzene rings is 1. The molecule has 0 unspecified atom stereocenters. The van der Waals surface area contributed by atoms with E-state index in [1.165, 1.54) is 13.2 Å². The number of rotatable bonds is 17. The summed E-state index contributed by atoms with van der Waals surface area (Å²) in [6.07, 6.45) is 3.67. The molecule has 0 fully saturated rings. The Labute approximate surface area is 234 Å². The maximum absolute atomic E-state index is 12.4. The first-order valence-corrected chi connectivity index (χ1v) is 20.2. The van der Waals surface area contributed by atoms with Crippen LogP contribution in [-0.4, -0.2) is 66.5 Å². The highest BCUT2D eigenvalue weighted by atomic mass is 32.2. The summed E-state index contributed by atoms with van der Waals surface area (Å²) in [7, 11) is -1.87. The lowest BCUT2D eigenvalue weighted by atomic mass is 10.2. The lowest BCUT2D eigenvalue weighted by Gasteiger charge is -2.37. The van der Waals surface area contributed by atoms with Gasteiger partial charge in [0.25, 0.3) is 5.69 Å². The van der Waals surface area contributed by atoms with Crippen LogP contribution in [0.2, 0.25) is 43.8 Å². The van der Waals surface area contributed by atoms with Crippen LogP contribution in [0.25, 0.3) is 0 Å². The van der Waals surface area contributed by atoms with Gasteiger partial charge < -0.3 is 18.6 Å². The van der Waals surface area contributed by atoms with Gasteiger partial charge in [0.15, 0.2) is 8.32 Å². The summed E-state index contributed by atoms with van der Waals surface area (Å²) in [5, 5.41) is 11.4. The van der Waals surface area contributed by atoms with E-state index in [9.17, 15) is 14.9 Å². The van der Waals surface area contributed by atoms with Crippen molar-refractivity contribution in [1.29, 1.82) is 0 Å². The number of carbonyl (C=O) groups is 1. The van der Waals surface area contributed by atoms with E-state index in [0.29, 0.717) is 24.5 Å². The fourth-order valence-corrected chi connectivity index (χ4v) is 5.40. The van der Waals surface area contributed by atoms with E-state index in [1.54, 1.807) is 18.2 Å². The topological polar surface area (TPSA) is 109 Å². The first-order chi connectivity index (χ1) is 17.6. The third kappa shape index (κ3) is 13.0. The number of para-hydroxylation sites is 1. The summed E-state index contributed by atoms with van der Waals surface area (Å²) >= 11 is 1.03. The molecule has 1 aromatic rings. The zero-order valence-corrected chi connectivity index (χ0v) is 27.2. The van der Waals surface area contributed by atoms with Crippen LogP contribution in [0.4, 0.5) is 5.69 Å². The standard InChI is InChI=1S/C26H46N2O7SSi2/c1-26(2,3)38(8,9)35-19-21(34-20-33-17-18-37(5,6)7)13-12-14-22(25(29)32-4)27-36-24-16-11-10-15-23(24)28(30)31/h10-13,15-16,21-22,27H,14,17-20H2,1-9H3/b13-12+/t21-,22+/m0/s1. The number of ether oxygens (including phenoxy) is 3. The molecule has 1 N–H and O–H groups in total. The van der Waals surface area contributed by atoms with E-state index in [1.807, 2.05) is 12.2 Å². The molecule has 0 amide bonds. The van der Waals surface area contributed by atoms with Gasteiger partial charge in [-0.05, 0) is 48.6 Å². The van der Waals surface area contributed by atoms with Crippen molar-refractivity contribution >= 4 is 40.0 Å². The summed E-state index contributed by atoms with van der Waals surface area (Å²) in [5.74, 6) is -0.467. The molecule has 38 heavy (non-hydrogen) atoms. The molecule has 0 aliphatic rings. The lowest BCUT2D eigenvalue weighted by Crippen LogP contribution is -2.42. The molecule has 1 rings (SSSR count). The minimum atomic E-state index is -1.99. The van der Waals surface area contributed by atoms with Crippen molar-refractivity contribution < 1.29 is 28.4 Å². The van der Waals surface area contributed by atoms with Gasteiger partial charge in [-0.15, -0.1) is 0 Å². The van der Waals surface area contributed by atoms with Gasteiger partial charge in [0.2, 0.25) is 0 Å². The minimum Gasteiger partial charge on any atom is -0.468 e. The number of nitrogens with zero attached hydrogens (tertiary/aromatic N) is 1. The Morgan fingerprint density at radius 3 is 2.42 bits per heavy atom. The van der Waals surface area contributed by atoms with Gasteiger partial charge in [-0.25, -0.2) is 4.72 Å². The quantitative estimate of drug-likeness (QED) is 0.0324. The largest absolute Gasteiger partial charge is 0.468 e. The van der Waals surface area contributed by atoms with Crippen LogP contribution in [0.15, 0.2) is 41.3 Å². The first kappa shape index (κ1) is 34.5. The molecule has 0 spiro atoms. The van der Waals surface area contributed by atoms with Gasteiger partial charge >= 0.3 is 5.97 Å². The molecule has 0 aliphatic carbocycles. The van der Waals surface area contributed by atoms with Crippen molar-refractivity contribution in [3.05, 3.63) is 46.5 Å². The second-order valence-electron chi connectivity index (χ2n) is 11.8. The van der Waals surface area contributed by atoms with E-state index in [4.69, 9.17) is 18.6 Å². The highest BCUT2D eigenvalue weighted by Crippen LogP contribution is 2.36. The summed E-state index contributed by atoms with van der Waals surface area (Å²) in [4.78, 5) is 23.7. The number of nitro benzene ring substituents is 1. The van der Waals surface area contributed by atoms with Crippen LogP contribution < -0.4 is 4.72 Å². The normalized spacial score (nSPS) is 14.4. The third-order valence-corrected chi connectivity index (χ3v) is 13.5. The Balaban J connectivity index is 2.86. The van der Waals surface area contributed by atoms with Crippen molar-refractivity contribution in [2.24, 2.45) is 0 Å². The van der Waals surface area contributed by atoms with Crippen LogP contribution in [-0.2, 0) is 23.4 Å². The van der Waals surface area contributed by atoms with E-state index < -0.39 is 33.3 Å². The van der Waals surface area contributed by atoms with E-state index in [0.717, 1.165) is 18.0 Å². The fourth-order valence-electron chi connectivity index (χ4n) is 2.77. The summed E-state index contributed by atoms with van der Waals surface area (Å²) < 4.78 is 26.0. The Morgan fingerprint density at radius 1 is 1.18 bits per heavy atom. The number of esters is 1. The molecule has 216 valence electrons. The zero-order valence-electron chi connectivity index (χ0n) is 24.4. The number of methoxy groups -OCH3 is 1. The second-order valence-corrected chi connectivity index (χ2v) is 23.1. The van der Waals surface area contributed by atoms with Crippen LogP contribution in [0.1, 0.15) is 27.2 Å². The lowest BCUT2D eigenvalue weighted by molar-refractivity contribution is -0.387. The molecule has 0 heterocycles. The Kier molecular flexibility index (Phi) is 14.4. The Bertz CT molecular complexity index is 918. The van der Waals surface area contributed by atoms with Crippen molar-refractivity contribution in [3.63, 3.8) is 0 Å². The zero-order chi connectivity index (χ0) is 29.0. The number of hydrogen-bond donors (Lipinski definition) is 1. The van der Waals surface area contributed by atoms with Gasteiger partial charge in [-0.1, -0.05) is 64.7 Å². The summed E-state index contributed by atoms with van der Waals surface area (Å²) in [5.41, 5.74) is -0.0328. The molecule has 0 saturated carbocycles. The van der Waals surface area contributed by atoms with Gasteiger partial charge in [-0.2, -0.15) is 0 Å². The molecule has 0 aliphatic heterocycles. The summed E-state index contributed by atoms with van der Waals surface area (Å²) in [6, 6.07) is 6.71. The predicted octanol–water partition coefficient (Wildman–Crippen LogP) is 6.40. The minimum absolute atomic E-state index is 0.0328. The number of hydrogen-bond acceptors (Lipinski definition) is 9. The number of nitro groups is 1. The van der Waals surface area contributed by atoms with Crippen molar-refractivity contribution in [3.8, 4) is 0 Å². The smallest absolute Gasteiger partial charge is 0.324 e. The number of nitrogens with one attached hydrogen (secondary N) is 1. The average Bonchev–Trinajstić information content (AvgIpc) is 2.82. The molecular weight excluding hydrogens is 541 g/mol. The molecule has 9 nitrogen and oxygen atoms in total. The molecule has 0 aromatic heterocycles. The van der Waals surface area contributed by atoms with Crippen molar-refractivity contribution in [2.45, 2.75) is 88.1 Å². The van der Waals surface area contributed by atoms with Crippen LogP contribution in [0.3, 0.4) is 0 Å². The van der Waals surface area contributed by atoms with E-state index in [2.05, 4.69) is 58.2 Å². The van der Waals surface area contributed by atoms with Crippen molar-refractivity contribution in [1.82, 2.24) is 4.72 Å². The molecule has 2 atom stereocenters. The molecule has 0 radical (unpaired) electrons. The fraction of sp³-hybridized carbons (Fsp3) is 0.654. The third-order valence-electron chi connectivity index (χ3n) is 6.36. The second kappa shape index (κ2) is 15.9. The monoisotopic (exact) mass is 586 g/mol. The SMILES string of the molecule is COC(=O)[C@@H](C/C=C/[C@@H](CO[Si](C)(C)C(C)(C)C)OCOCC[Si](C)(C)C)NSc1ccccc1[N+](=O)[O-]. The van der Waals surface area contributed by atoms with Crippen LogP contribution >= 0.6 is 11.9 Å². The van der Waals surface area contributed by atoms with E-state index >= 15 is 0 Å². The summed E-state index contributed by atoms with van der Waals surface area (Å²) in [6.45, 7) is 19.0. The van der Waals surface area contributed by atoms with E-state index in [-0.39, 0.29) is 23.6 Å². The molecular formula is C26H46N2O7SSi2. The van der Waals surface area contributed by atoms with Gasteiger partial charge in [-0.3, -0.25) is 14.9 Å². The molecule has 12 heteroatoms. The van der Waals surface area contributed by atoms with Gasteiger partial charge in [0.05, 0.1) is 18.6 Å². The average molecular weight is 587 g/mol. The van der Waals surface area contributed by atoms with Gasteiger partial charge in [0.1, 0.15) is 23.8 Å². The predicted molar refractivity (Wildman–Crippen MR) is 159 cm³/mol. The first-order valence-electron chi connectivity index (χ1n) is 12.8. The Hall–Kier alpha value is -1.55. The number of carbonyl (C=O) groups excluding carboxylic acids is 1. The van der Waals surface area contributed by atoms with Crippen LogP contribution in [0, 0.1) is 10.1 Å². The molecule has 0 bridgehead atoms. The van der Waals surface area contributed by atoms with Crippen molar-refractivity contribution in [2.75, 3.05) is 27.1 Å². The maximum Gasteiger partial charge on any atom is 0.324 e.